The second-order valence-corrected chi connectivity index (χ2v) is 8.51. The summed E-state index contributed by atoms with van der Waals surface area (Å²) in [4.78, 5) is 31.8. The molecule has 0 radical (unpaired) electrons. The second kappa shape index (κ2) is 9.48. The number of carbonyl (C=O) groups excluding carboxylic acids is 2. The van der Waals surface area contributed by atoms with Gasteiger partial charge in [-0.3, -0.25) is 14.6 Å². The summed E-state index contributed by atoms with van der Waals surface area (Å²) in [5.74, 6) is 0.0563. The quantitative estimate of drug-likeness (QED) is 0.639. The van der Waals surface area contributed by atoms with Crippen molar-refractivity contribution in [3.63, 3.8) is 0 Å². The number of piperidine rings is 1. The minimum atomic E-state index is -0.0132. The minimum Gasteiger partial charge on any atom is -0.353 e. The number of hydrogen-bond acceptors (Lipinski definition) is 3. The molecule has 1 aliphatic heterocycles. The fraction of sp³-hybridized carbons (Fsp3) is 0.320. The zero-order valence-corrected chi connectivity index (χ0v) is 18.4. The number of likely N-dealkylation sites (tertiary alicyclic amines) is 1. The van der Waals surface area contributed by atoms with Crippen LogP contribution < -0.4 is 5.32 Å². The van der Waals surface area contributed by atoms with Gasteiger partial charge in [-0.25, -0.2) is 0 Å². The van der Waals surface area contributed by atoms with Crippen LogP contribution in [0.3, 0.4) is 0 Å². The molecule has 1 aromatic heterocycles. The molecule has 4 rings (SSSR count). The van der Waals surface area contributed by atoms with Crippen LogP contribution in [0.25, 0.3) is 10.9 Å². The molecule has 0 bridgehead atoms. The molecule has 2 amide bonds. The average Bonchev–Trinajstić information content (AvgIpc) is 2.78. The first-order valence-electron chi connectivity index (χ1n) is 10.7. The Labute approximate surface area is 187 Å². The smallest absolute Gasteiger partial charge is 0.255 e. The number of hydrogen-bond donors (Lipinski definition) is 1. The molecular weight excluding hydrogens is 410 g/mol. The number of fused-ring (bicyclic) bond motifs is 1. The van der Waals surface area contributed by atoms with Crippen molar-refractivity contribution in [3.05, 3.63) is 76.4 Å². The fourth-order valence-corrected chi connectivity index (χ4v) is 4.24. The summed E-state index contributed by atoms with van der Waals surface area (Å²) in [5, 5.41) is 4.61. The summed E-state index contributed by atoms with van der Waals surface area (Å²) >= 11 is 6.10. The number of halogens is 1. The Balaban J connectivity index is 1.32. The zero-order chi connectivity index (χ0) is 21.8. The highest BCUT2D eigenvalue weighted by Gasteiger charge is 2.26. The highest BCUT2D eigenvalue weighted by molar-refractivity contribution is 6.31. The molecule has 3 aromatic rings. The number of carbonyl (C=O) groups is 2. The number of nitrogens with zero attached hydrogens (tertiary/aromatic N) is 2. The number of benzene rings is 2. The van der Waals surface area contributed by atoms with E-state index in [1.165, 1.54) is 5.56 Å². The molecule has 0 spiro atoms. The Kier molecular flexibility index (Phi) is 6.52. The van der Waals surface area contributed by atoms with Gasteiger partial charge in [0.05, 0.1) is 16.8 Å². The van der Waals surface area contributed by atoms with E-state index >= 15 is 0 Å². The van der Waals surface area contributed by atoms with Crippen molar-refractivity contribution in [1.29, 1.82) is 0 Å². The molecule has 1 saturated heterocycles. The molecule has 5 nitrogen and oxygen atoms in total. The van der Waals surface area contributed by atoms with Crippen molar-refractivity contribution < 1.29 is 9.59 Å². The summed E-state index contributed by atoms with van der Waals surface area (Å²) in [7, 11) is 0. The second-order valence-electron chi connectivity index (χ2n) is 8.08. The highest BCUT2D eigenvalue weighted by Crippen LogP contribution is 2.23. The lowest BCUT2D eigenvalue weighted by Gasteiger charge is -2.32. The van der Waals surface area contributed by atoms with E-state index < -0.39 is 0 Å². The molecule has 1 N–H and O–H groups in total. The first-order chi connectivity index (χ1) is 15.0. The Morgan fingerprint density at radius 1 is 1.10 bits per heavy atom. The van der Waals surface area contributed by atoms with Crippen LogP contribution >= 0.6 is 11.6 Å². The van der Waals surface area contributed by atoms with Gasteiger partial charge in [-0.2, -0.15) is 0 Å². The van der Waals surface area contributed by atoms with E-state index in [1.54, 1.807) is 6.07 Å². The third-order valence-corrected chi connectivity index (χ3v) is 6.06. The van der Waals surface area contributed by atoms with E-state index in [0.29, 0.717) is 30.1 Å². The zero-order valence-electron chi connectivity index (χ0n) is 17.6. The maximum Gasteiger partial charge on any atom is 0.255 e. The molecule has 1 fully saturated rings. The summed E-state index contributed by atoms with van der Waals surface area (Å²) in [5.41, 5.74) is 3.32. The van der Waals surface area contributed by atoms with Crippen LogP contribution in [0.1, 0.15) is 40.9 Å². The third-order valence-electron chi connectivity index (χ3n) is 5.83. The number of pyridine rings is 1. The van der Waals surface area contributed by atoms with Gasteiger partial charge in [-0.05, 0) is 56.0 Å². The van der Waals surface area contributed by atoms with E-state index in [4.69, 9.17) is 11.6 Å². The Morgan fingerprint density at radius 3 is 2.58 bits per heavy atom. The predicted molar refractivity (Wildman–Crippen MR) is 123 cm³/mol. The molecule has 0 atom stereocenters. The van der Waals surface area contributed by atoms with E-state index in [1.807, 2.05) is 60.4 Å². The van der Waals surface area contributed by atoms with Crippen LogP contribution in [0.15, 0.2) is 54.6 Å². The molecule has 0 aliphatic carbocycles. The third kappa shape index (κ3) is 5.23. The van der Waals surface area contributed by atoms with E-state index in [0.717, 1.165) is 35.9 Å². The topological polar surface area (TPSA) is 62.3 Å². The monoisotopic (exact) mass is 435 g/mol. The summed E-state index contributed by atoms with van der Waals surface area (Å²) in [6.07, 6.45) is 2.74. The number of nitrogens with one attached hydrogen (secondary N) is 1. The maximum atomic E-state index is 13.1. The number of amides is 2. The van der Waals surface area contributed by atoms with E-state index in [2.05, 4.69) is 10.3 Å². The predicted octanol–water partition coefficient (Wildman–Crippen LogP) is 4.55. The molecule has 31 heavy (non-hydrogen) atoms. The molecular formula is C25H26ClN3O2. The normalized spacial score (nSPS) is 14.6. The Hall–Kier alpha value is -2.92. The lowest BCUT2D eigenvalue weighted by molar-refractivity contribution is -0.122. The SMILES string of the molecule is Cc1nc2ccc(Cl)cc2cc1C(=O)N1CCC(NC(=O)CCc2ccccc2)CC1. The largest absolute Gasteiger partial charge is 0.353 e. The molecule has 6 heteroatoms. The minimum absolute atomic E-state index is 0.0132. The van der Waals surface area contributed by atoms with Gasteiger partial charge in [0.2, 0.25) is 5.91 Å². The van der Waals surface area contributed by atoms with Gasteiger partial charge in [0.25, 0.3) is 5.91 Å². The van der Waals surface area contributed by atoms with Gasteiger partial charge >= 0.3 is 0 Å². The van der Waals surface area contributed by atoms with Crippen LogP contribution in [0, 0.1) is 6.92 Å². The van der Waals surface area contributed by atoms with Gasteiger partial charge in [-0.15, -0.1) is 0 Å². The van der Waals surface area contributed by atoms with Gasteiger partial charge in [0.1, 0.15) is 0 Å². The van der Waals surface area contributed by atoms with Gasteiger partial charge < -0.3 is 10.2 Å². The molecule has 2 heterocycles. The van der Waals surface area contributed by atoms with Crippen molar-refractivity contribution in [2.24, 2.45) is 0 Å². The lowest BCUT2D eigenvalue weighted by atomic mass is 10.0. The number of rotatable bonds is 5. The van der Waals surface area contributed by atoms with Crippen LogP contribution in [0.2, 0.25) is 5.02 Å². The lowest BCUT2D eigenvalue weighted by Crippen LogP contribution is -2.46. The molecule has 160 valence electrons. The molecule has 0 saturated carbocycles. The Bertz CT molecular complexity index is 1090. The average molecular weight is 436 g/mol. The first kappa shape index (κ1) is 21.3. The maximum absolute atomic E-state index is 13.1. The standard InChI is InChI=1S/C25H26ClN3O2/c1-17-22(16-19-15-20(26)8-9-23(19)27-17)25(31)29-13-11-21(12-14-29)28-24(30)10-7-18-5-3-2-4-6-18/h2-6,8-9,15-16,21H,7,10-14H2,1H3,(H,28,30). The molecule has 1 aliphatic rings. The number of aromatic nitrogens is 1. The molecule has 2 aromatic carbocycles. The van der Waals surface area contributed by atoms with Crippen molar-refractivity contribution in [2.45, 2.75) is 38.6 Å². The van der Waals surface area contributed by atoms with Crippen LogP contribution in [-0.2, 0) is 11.2 Å². The summed E-state index contributed by atoms with van der Waals surface area (Å²) < 4.78 is 0. The fourth-order valence-electron chi connectivity index (χ4n) is 4.06. The van der Waals surface area contributed by atoms with Crippen LogP contribution in [0.4, 0.5) is 0 Å². The first-order valence-corrected chi connectivity index (χ1v) is 11.1. The van der Waals surface area contributed by atoms with Crippen molar-refractivity contribution in [3.8, 4) is 0 Å². The van der Waals surface area contributed by atoms with Gasteiger partial charge in [-0.1, -0.05) is 41.9 Å². The van der Waals surface area contributed by atoms with Crippen molar-refractivity contribution in [1.82, 2.24) is 15.2 Å². The highest BCUT2D eigenvalue weighted by atomic mass is 35.5. The van der Waals surface area contributed by atoms with E-state index in [-0.39, 0.29) is 17.9 Å². The van der Waals surface area contributed by atoms with Gasteiger partial charge in [0, 0.05) is 36.0 Å². The summed E-state index contributed by atoms with van der Waals surface area (Å²) in [6, 6.07) is 17.5. The van der Waals surface area contributed by atoms with Crippen LogP contribution in [-0.4, -0.2) is 40.8 Å². The number of aryl methyl sites for hydroxylation is 2. The summed E-state index contributed by atoms with van der Waals surface area (Å²) in [6.45, 7) is 3.10. The van der Waals surface area contributed by atoms with Gasteiger partial charge in [0.15, 0.2) is 0 Å². The Morgan fingerprint density at radius 2 is 1.84 bits per heavy atom. The van der Waals surface area contributed by atoms with Crippen molar-refractivity contribution >= 4 is 34.3 Å². The molecule has 0 unspecified atom stereocenters. The van der Waals surface area contributed by atoms with E-state index in [9.17, 15) is 9.59 Å². The van der Waals surface area contributed by atoms with Crippen molar-refractivity contribution in [2.75, 3.05) is 13.1 Å². The van der Waals surface area contributed by atoms with Crippen LogP contribution in [0.5, 0.6) is 0 Å².